The van der Waals surface area contributed by atoms with Gasteiger partial charge in [0.15, 0.2) is 9.84 Å². The molecule has 2 aromatic rings. The Labute approximate surface area is 172 Å². The average molecular weight is 417 g/mol. The highest BCUT2D eigenvalue weighted by molar-refractivity contribution is 7.91. The Morgan fingerprint density at radius 3 is 2.62 bits per heavy atom. The minimum Gasteiger partial charge on any atom is -0.508 e. The third kappa shape index (κ3) is 5.58. The van der Waals surface area contributed by atoms with Gasteiger partial charge >= 0.3 is 0 Å². The van der Waals surface area contributed by atoms with Crippen molar-refractivity contribution in [1.82, 2.24) is 10.6 Å². The number of likely N-dealkylation sites (N-methyl/N-ethyl adjacent to an activating group) is 1. The molecule has 1 amide bonds. The highest BCUT2D eigenvalue weighted by atomic mass is 32.2. The molecule has 1 aliphatic heterocycles. The second kappa shape index (κ2) is 9.41. The minimum atomic E-state index is -3.26. The quantitative estimate of drug-likeness (QED) is 0.615. The van der Waals surface area contributed by atoms with Gasteiger partial charge in [-0.15, -0.1) is 0 Å². The lowest BCUT2D eigenvalue weighted by Crippen LogP contribution is -2.36. The van der Waals surface area contributed by atoms with Crippen LogP contribution in [0.15, 0.2) is 53.4 Å². The number of phenols is 1. The van der Waals surface area contributed by atoms with Crippen molar-refractivity contribution in [2.75, 3.05) is 12.3 Å². The summed E-state index contributed by atoms with van der Waals surface area (Å²) in [5, 5.41) is 15.8. The number of hydrogen-bond donors (Lipinski definition) is 3. The van der Waals surface area contributed by atoms with E-state index in [1.54, 1.807) is 36.4 Å². The Bertz CT molecular complexity index is 942. The van der Waals surface area contributed by atoms with E-state index in [0.29, 0.717) is 29.7 Å². The fourth-order valence-corrected chi connectivity index (χ4v) is 5.41. The fraction of sp³-hybridized carbons (Fsp3) is 0.409. The van der Waals surface area contributed by atoms with Crippen molar-refractivity contribution in [1.29, 1.82) is 0 Å². The van der Waals surface area contributed by atoms with Gasteiger partial charge in [-0.1, -0.05) is 37.3 Å². The Hall–Kier alpha value is -2.38. The third-order valence-electron chi connectivity index (χ3n) is 5.27. The largest absolute Gasteiger partial charge is 0.508 e. The molecule has 0 aliphatic carbocycles. The number of amides is 1. The van der Waals surface area contributed by atoms with Gasteiger partial charge in [0, 0.05) is 12.5 Å². The first-order chi connectivity index (χ1) is 13.9. The predicted octanol–water partition coefficient (Wildman–Crippen LogP) is 2.73. The van der Waals surface area contributed by atoms with Gasteiger partial charge in [0.2, 0.25) is 5.91 Å². The van der Waals surface area contributed by atoms with Crippen molar-refractivity contribution in [2.24, 2.45) is 0 Å². The van der Waals surface area contributed by atoms with Gasteiger partial charge in [0.05, 0.1) is 16.7 Å². The number of aromatic hydroxyl groups is 1. The van der Waals surface area contributed by atoms with Crippen molar-refractivity contribution in [3.63, 3.8) is 0 Å². The van der Waals surface area contributed by atoms with E-state index < -0.39 is 9.84 Å². The van der Waals surface area contributed by atoms with Gasteiger partial charge in [-0.3, -0.25) is 4.79 Å². The molecule has 1 aliphatic rings. The first-order valence-corrected chi connectivity index (χ1v) is 11.7. The maximum Gasteiger partial charge on any atom is 0.220 e. The van der Waals surface area contributed by atoms with Crippen molar-refractivity contribution in [3.8, 4) is 5.75 Å². The van der Waals surface area contributed by atoms with Gasteiger partial charge in [-0.05, 0) is 55.1 Å². The smallest absolute Gasteiger partial charge is 0.220 e. The number of hydrogen-bond acceptors (Lipinski definition) is 5. The number of carbonyl (C=O) groups is 1. The van der Waals surface area contributed by atoms with Gasteiger partial charge in [0.25, 0.3) is 0 Å². The summed E-state index contributed by atoms with van der Waals surface area (Å²) in [6.07, 6.45) is 2.20. The number of nitrogens with one attached hydrogen (secondary N) is 2. The van der Waals surface area contributed by atoms with E-state index in [4.69, 9.17) is 0 Å². The molecule has 1 heterocycles. The van der Waals surface area contributed by atoms with Crippen LogP contribution in [0.3, 0.4) is 0 Å². The van der Waals surface area contributed by atoms with E-state index in [0.717, 1.165) is 18.5 Å². The highest BCUT2D eigenvalue weighted by Gasteiger charge is 2.30. The van der Waals surface area contributed by atoms with Crippen molar-refractivity contribution >= 4 is 15.7 Å². The fourth-order valence-electron chi connectivity index (χ4n) is 3.79. The monoisotopic (exact) mass is 416 g/mol. The van der Waals surface area contributed by atoms with Gasteiger partial charge in [-0.2, -0.15) is 0 Å². The molecule has 1 unspecified atom stereocenters. The zero-order valence-corrected chi connectivity index (χ0v) is 17.4. The maximum absolute atomic E-state index is 12.6. The summed E-state index contributed by atoms with van der Waals surface area (Å²) in [5.74, 6) is 0.219. The Kier molecular flexibility index (Phi) is 6.92. The molecule has 0 aromatic heterocycles. The summed E-state index contributed by atoms with van der Waals surface area (Å²) in [4.78, 5) is 12.9. The van der Waals surface area contributed by atoms with Crippen LogP contribution in [0.5, 0.6) is 5.75 Å². The summed E-state index contributed by atoms with van der Waals surface area (Å²) >= 11 is 0. The number of rotatable bonds is 8. The molecule has 0 saturated carbocycles. The second-order valence-electron chi connectivity index (χ2n) is 7.43. The first kappa shape index (κ1) is 21.3. The molecular formula is C22H28N2O4S. The van der Waals surface area contributed by atoms with E-state index in [2.05, 4.69) is 10.6 Å². The summed E-state index contributed by atoms with van der Waals surface area (Å²) < 4.78 is 24.5. The average Bonchev–Trinajstić information content (AvgIpc) is 2.70. The molecule has 3 N–H and O–H groups in total. The molecular weight excluding hydrogens is 388 g/mol. The topological polar surface area (TPSA) is 95.5 Å². The zero-order chi connectivity index (χ0) is 20.9. The van der Waals surface area contributed by atoms with E-state index >= 15 is 0 Å². The van der Waals surface area contributed by atoms with Crippen LogP contribution < -0.4 is 10.6 Å². The number of carbonyl (C=O) groups excluding carboxylic acids is 1. The lowest BCUT2D eigenvalue weighted by Gasteiger charge is -2.26. The standard InChI is InChI=1S/C22H28N2O4S/c1-2-23-17(15-16-7-10-18(25)11-8-16)9-12-22(26)24-20-13-14-29(27,28)21-6-4-3-5-19(20)21/h3-8,10-11,17,20,23,25H,2,9,12-15H2,1H3,(H,24,26)/t17-,20?/m1/s1. The van der Waals surface area contributed by atoms with Gasteiger partial charge in [-0.25, -0.2) is 8.42 Å². The second-order valence-corrected chi connectivity index (χ2v) is 9.51. The molecule has 6 nitrogen and oxygen atoms in total. The zero-order valence-electron chi connectivity index (χ0n) is 16.6. The molecule has 2 aromatic carbocycles. The summed E-state index contributed by atoms with van der Waals surface area (Å²) in [6, 6.07) is 13.9. The molecule has 29 heavy (non-hydrogen) atoms. The summed E-state index contributed by atoms with van der Waals surface area (Å²) in [5.41, 5.74) is 1.78. The van der Waals surface area contributed by atoms with Crippen molar-refractivity contribution in [2.45, 2.75) is 49.6 Å². The van der Waals surface area contributed by atoms with Crippen LogP contribution in [0.4, 0.5) is 0 Å². The lowest BCUT2D eigenvalue weighted by molar-refractivity contribution is -0.122. The van der Waals surface area contributed by atoms with Crippen molar-refractivity contribution in [3.05, 3.63) is 59.7 Å². The Balaban J connectivity index is 1.59. The van der Waals surface area contributed by atoms with Crippen LogP contribution in [-0.2, 0) is 21.1 Å². The van der Waals surface area contributed by atoms with E-state index in [-0.39, 0.29) is 29.5 Å². The number of fused-ring (bicyclic) bond motifs is 1. The van der Waals surface area contributed by atoms with E-state index in [9.17, 15) is 18.3 Å². The van der Waals surface area contributed by atoms with Crippen LogP contribution in [0, 0.1) is 0 Å². The van der Waals surface area contributed by atoms with Crippen LogP contribution in [0.25, 0.3) is 0 Å². The van der Waals surface area contributed by atoms with Crippen molar-refractivity contribution < 1.29 is 18.3 Å². The molecule has 156 valence electrons. The molecule has 0 radical (unpaired) electrons. The number of sulfone groups is 1. The summed E-state index contributed by atoms with van der Waals surface area (Å²) in [6.45, 7) is 2.83. The van der Waals surface area contributed by atoms with Crippen LogP contribution in [0.2, 0.25) is 0 Å². The van der Waals surface area contributed by atoms with Crippen LogP contribution in [-0.4, -0.2) is 37.8 Å². The molecule has 7 heteroatoms. The molecule has 0 saturated heterocycles. The Morgan fingerprint density at radius 2 is 1.90 bits per heavy atom. The molecule has 3 rings (SSSR count). The minimum absolute atomic E-state index is 0.0514. The Morgan fingerprint density at radius 1 is 1.17 bits per heavy atom. The maximum atomic E-state index is 12.6. The lowest BCUT2D eigenvalue weighted by atomic mass is 10.0. The van der Waals surface area contributed by atoms with E-state index in [1.807, 2.05) is 19.1 Å². The van der Waals surface area contributed by atoms with Crippen LogP contribution >= 0.6 is 0 Å². The van der Waals surface area contributed by atoms with Gasteiger partial charge in [0.1, 0.15) is 5.75 Å². The third-order valence-corrected chi connectivity index (χ3v) is 7.09. The van der Waals surface area contributed by atoms with E-state index in [1.165, 1.54) is 0 Å². The van der Waals surface area contributed by atoms with Gasteiger partial charge < -0.3 is 15.7 Å². The molecule has 2 atom stereocenters. The number of benzene rings is 2. The number of phenolic OH excluding ortho intramolecular Hbond substituents is 1. The predicted molar refractivity (Wildman–Crippen MR) is 113 cm³/mol. The summed E-state index contributed by atoms with van der Waals surface area (Å²) in [7, 11) is -3.26. The molecule has 0 bridgehead atoms. The molecule has 0 fully saturated rings. The molecule has 0 spiro atoms. The first-order valence-electron chi connectivity index (χ1n) is 10.0. The highest BCUT2D eigenvalue weighted by Crippen LogP contribution is 2.31. The SMILES string of the molecule is CCN[C@H](CCC(=O)NC1CCS(=O)(=O)c2ccccc21)Cc1ccc(O)cc1. The normalized spacial score (nSPS) is 18.6. The van der Waals surface area contributed by atoms with Crippen LogP contribution in [0.1, 0.15) is 43.4 Å².